The quantitative estimate of drug-likeness (QED) is 0.623. The van der Waals surface area contributed by atoms with Gasteiger partial charge in [-0.25, -0.2) is 0 Å². The van der Waals surface area contributed by atoms with Gasteiger partial charge in [-0.3, -0.25) is 9.69 Å². The van der Waals surface area contributed by atoms with Crippen LogP contribution in [0.15, 0.2) is 0 Å². The lowest BCUT2D eigenvalue weighted by molar-refractivity contribution is -0.157. The number of hydrogen-bond donors (Lipinski definition) is 0. The molecule has 0 aromatic carbocycles. The number of carbonyl (C=O) groups is 1. The second-order valence-electron chi connectivity index (χ2n) is 4.19. The van der Waals surface area contributed by atoms with Crippen LogP contribution in [0.1, 0.15) is 33.6 Å². The third-order valence-electron chi connectivity index (χ3n) is 3.14. The van der Waals surface area contributed by atoms with Gasteiger partial charge in [0.05, 0.1) is 7.11 Å². The van der Waals surface area contributed by atoms with E-state index in [4.69, 9.17) is 4.74 Å². The molecule has 76 valence electrons. The van der Waals surface area contributed by atoms with Crippen molar-refractivity contribution in [2.75, 3.05) is 13.7 Å². The van der Waals surface area contributed by atoms with Crippen LogP contribution in [0.3, 0.4) is 0 Å². The van der Waals surface area contributed by atoms with Gasteiger partial charge in [-0.2, -0.15) is 0 Å². The zero-order valence-corrected chi connectivity index (χ0v) is 8.96. The maximum absolute atomic E-state index is 11.3. The summed E-state index contributed by atoms with van der Waals surface area (Å²) in [5.41, 5.74) is 0.122. The molecule has 1 fully saturated rings. The molecule has 1 rings (SSSR count). The van der Waals surface area contributed by atoms with E-state index in [0.717, 1.165) is 19.4 Å². The van der Waals surface area contributed by atoms with Crippen molar-refractivity contribution in [3.8, 4) is 0 Å². The summed E-state index contributed by atoms with van der Waals surface area (Å²) in [6.45, 7) is 7.50. The fourth-order valence-corrected chi connectivity index (χ4v) is 1.70. The Morgan fingerprint density at radius 2 is 2.23 bits per heavy atom. The number of rotatable bonds is 3. The van der Waals surface area contributed by atoms with Crippen molar-refractivity contribution in [3.05, 3.63) is 0 Å². The van der Waals surface area contributed by atoms with Crippen LogP contribution in [0, 0.1) is 0 Å². The molecule has 0 bridgehead atoms. The van der Waals surface area contributed by atoms with Crippen molar-refractivity contribution in [3.63, 3.8) is 0 Å². The molecule has 1 unspecified atom stereocenters. The second-order valence-corrected chi connectivity index (χ2v) is 4.19. The summed E-state index contributed by atoms with van der Waals surface area (Å²) in [6.07, 6.45) is 2.00. The number of hydrogen-bond acceptors (Lipinski definition) is 3. The molecule has 0 spiro atoms. The summed E-state index contributed by atoms with van der Waals surface area (Å²) in [4.78, 5) is 13.5. The van der Waals surface area contributed by atoms with Gasteiger partial charge in [0, 0.05) is 12.1 Å². The van der Waals surface area contributed by atoms with E-state index < -0.39 is 0 Å². The van der Waals surface area contributed by atoms with Crippen molar-refractivity contribution in [1.29, 1.82) is 0 Å². The Balaban J connectivity index is 2.59. The summed E-state index contributed by atoms with van der Waals surface area (Å²) in [5.74, 6) is -0.0900. The van der Waals surface area contributed by atoms with Gasteiger partial charge in [0.1, 0.15) is 6.04 Å². The molecule has 0 amide bonds. The average Bonchev–Trinajstić information content (AvgIpc) is 2.01. The fraction of sp³-hybridized carbons (Fsp3) is 0.900. The maximum atomic E-state index is 11.3. The van der Waals surface area contributed by atoms with E-state index >= 15 is 0 Å². The maximum Gasteiger partial charge on any atom is 0.323 e. The Morgan fingerprint density at radius 1 is 1.62 bits per heavy atom. The molecule has 3 nitrogen and oxygen atoms in total. The van der Waals surface area contributed by atoms with E-state index in [0.29, 0.717) is 0 Å². The largest absolute Gasteiger partial charge is 0.468 e. The van der Waals surface area contributed by atoms with Gasteiger partial charge >= 0.3 is 5.97 Å². The van der Waals surface area contributed by atoms with Crippen LogP contribution in [0.2, 0.25) is 0 Å². The monoisotopic (exact) mass is 185 g/mol. The number of likely N-dealkylation sites (tertiary alicyclic amines) is 1. The van der Waals surface area contributed by atoms with Crippen molar-refractivity contribution >= 4 is 5.97 Å². The van der Waals surface area contributed by atoms with E-state index in [2.05, 4.69) is 25.7 Å². The minimum Gasteiger partial charge on any atom is -0.468 e. The van der Waals surface area contributed by atoms with Crippen molar-refractivity contribution < 1.29 is 9.53 Å². The molecule has 0 aliphatic carbocycles. The van der Waals surface area contributed by atoms with Crippen LogP contribution >= 0.6 is 0 Å². The van der Waals surface area contributed by atoms with Crippen LogP contribution in [-0.4, -0.2) is 36.1 Å². The van der Waals surface area contributed by atoms with Crippen LogP contribution < -0.4 is 0 Å². The zero-order chi connectivity index (χ0) is 10.1. The molecule has 1 atom stereocenters. The Bertz CT molecular complexity index is 201. The number of ether oxygens (including phenoxy) is 1. The Kier molecular flexibility index (Phi) is 2.96. The molecule has 1 heterocycles. The van der Waals surface area contributed by atoms with E-state index in [1.807, 2.05) is 0 Å². The highest BCUT2D eigenvalue weighted by Gasteiger charge is 2.42. The molecule has 0 aromatic heterocycles. The second kappa shape index (κ2) is 3.66. The number of carbonyl (C=O) groups excluding carboxylic acids is 1. The van der Waals surface area contributed by atoms with Gasteiger partial charge < -0.3 is 4.74 Å². The first-order valence-corrected chi connectivity index (χ1v) is 4.87. The zero-order valence-electron chi connectivity index (χ0n) is 8.96. The predicted octanol–water partition coefficient (Wildman–Crippen LogP) is 1.42. The lowest BCUT2D eigenvalue weighted by atomic mass is 9.90. The SMILES string of the molecule is CCC(C)(C)N1CCC1C(=O)OC. The lowest BCUT2D eigenvalue weighted by Crippen LogP contribution is -2.61. The topological polar surface area (TPSA) is 29.5 Å². The number of nitrogens with zero attached hydrogens (tertiary/aromatic N) is 1. The molecule has 1 saturated heterocycles. The van der Waals surface area contributed by atoms with Crippen molar-refractivity contribution in [2.45, 2.75) is 45.2 Å². The van der Waals surface area contributed by atoms with Crippen LogP contribution in [0.5, 0.6) is 0 Å². The summed E-state index contributed by atoms with van der Waals surface area (Å²) in [6, 6.07) is -0.0000463. The third-order valence-corrected chi connectivity index (χ3v) is 3.14. The Hall–Kier alpha value is -0.570. The van der Waals surface area contributed by atoms with Crippen molar-refractivity contribution in [1.82, 2.24) is 4.90 Å². The first-order valence-electron chi connectivity index (χ1n) is 4.87. The smallest absolute Gasteiger partial charge is 0.323 e. The molecule has 0 N–H and O–H groups in total. The van der Waals surface area contributed by atoms with E-state index in [1.165, 1.54) is 7.11 Å². The van der Waals surface area contributed by atoms with E-state index in [9.17, 15) is 4.79 Å². The molecular weight excluding hydrogens is 166 g/mol. The van der Waals surface area contributed by atoms with E-state index in [1.54, 1.807) is 0 Å². The fourth-order valence-electron chi connectivity index (χ4n) is 1.70. The van der Waals surface area contributed by atoms with Crippen LogP contribution in [0.25, 0.3) is 0 Å². The Labute approximate surface area is 80.1 Å². The first-order chi connectivity index (χ1) is 6.03. The van der Waals surface area contributed by atoms with E-state index in [-0.39, 0.29) is 17.6 Å². The molecule has 13 heavy (non-hydrogen) atoms. The van der Waals surface area contributed by atoms with Gasteiger partial charge in [0.2, 0.25) is 0 Å². The standard InChI is InChI=1S/C10H19NO2/c1-5-10(2,3)11-7-6-8(11)9(12)13-4/h8H,5-7H2,1-4H3. The summed E-state index contributed by atoms with van der Waals surface area (Å²) >= 11 is 0. The summed E-state index contributed by atoms with van der Waals surface area (Å²) in [7, 11) is 1.46. The van der Waals surface area contributed by atoms with Gasteiger partial charge in [-0.05, 0) is 26.7 Å². The highest BCUT2D eigenvalue weighted by molar-refractivity contribution is 5.76. The molecule has 1 aliphatic rings. The minimum absolute atomic E-state index is 0.0000463. The third kappa shape index (κ3) is 1.85. The summed E-state index contributed by atoms with van der Waals surface area (Å²) in [5, 5.41) is 0. The molecular formula is C10H19NO2. The number of esters is 1. The molecule has 0 saturated carbocycles. The first kappa shape index (κ1) is 10.5. The van der Waals surface area contributed by atoms with Gasteiger partial charge in [-0.15, -0.1) is 0 Å². The molecule has 0 radical (unpaired) electrons. The van der Waals surface area contributed by atoms with Gasteiger partial charge in [0.15, 0.2) is 0 Å². The summed E-state index contributed by atoms with van der Waals surface area (Å²) < 4.78 is 4.74. The van der Waals surface area contributed by atoms with Crippen LogP contribution in [0.4, 0.5) is 0 Å². The van der Waals surface area contributed by atoms with Crippen molar-refractivity contribution in [2.24, 2.45) is 0 Å². The predicted molar refractivity (Wildman–Crippen MR) is 51.5 cm³/mol. The lowest BCUT2D eigenvalue weighted by Gasteiger charge is -2.49. The highest BCUT2D eigenvalue weighted by atomic mass is 16.5. The van der Waals surface area contributed by atoms with Gasteiger partial charge in [-0.1, -0.05) is 6.92 Å². The molecule has 3 heteroatoms. The van der Waals surface area contributed by atoms with Crippen LogP contribution in [-0.2, 0) is 9.53 Å². The Morgan fingerprint density at radius 3 is 2.54 bits per heavy atom. The number of methoxy groups -OCH3 is 1. The molecule has 1 aliphatic heterocycles. The normalized spacial score (nSPS) is 23.8. The average molecular weight is 185 g/mol. The van der Waals surface area contributed by atoms with Gasteiger partial charge in [0.25, 0.3) is 0 Å². The highest BCUT2D eigenvalue weighted by Crippen LogP contribution is 2.30. The minimum atomic E-state index is -0.0900. The molecule has 0 aromatic rings.